The fourth-order valence-corrected chi connectivity index (χ4v) is 3.75. The minimum atomic E-state index is -3.83. The second-order valence-electron chi connectivity index (χ2n) is 4.25. The van der Waals surface area contributed by atoms with Crippen LogP contribution in [0.3, 0.4) is 0 Å². The first-order chi connectivity index (χ1) is 9.94. The molecule has 0 fully saturated rings. The maximum atomic E-state index is 12.4. The number of sulfonamides is 1. The number of rotatable bonds is 5. The molecule has 5 nitrogen and oxygen atoms in total. The van der Waals surface area contributed by atoms with E-state index in [1.807, 2.05) is 0 Å². The summed E-state index contributed by atoms with van der Waals surface area (Å²) in [7, 11) is -2.09. The highest BCUT2D eigenvalue weighted by Gasteiger charge is 2.21. The van der Waals surface area contributed by atoms with Crippen LogP contribution in [0.25, 0.3) is 0 Å². The Hall–Kier alpha value is -1.34. The number of pyridine rings is 1. The van der Waals surface area contributed by atoms with Crippen molar-refractivity contribution in [1.29, 1.82) is 0 Å². The Labute approximate surface area is 133 Å². The lowest BCUT2D eigenvalue weighted by molar-refractivity contribution is 0.601. The topological polar surface area (TPSA) is 71.1 Å². The van der Waals surface area contributed by atoms with Crippen molar-refractivity contribution >= 4 is 38.9 Å². The van der Waals surface area contributed by atoms with Gasteiger partial charge in [0.2, 0.25) is 0 Å². The maximum absolute atomic E-state index is 12.4. The summed E-state index contributed by atoms with van der Waals surface area (Å²) in [6.07, 6.45) is 2.98. The highest BCUT2D eigenvalue weighted by atomic mass is 35.5. The molecule has 0 spiro atoms. The standard InChI is InChI=1S/C13H13Cl2N3O2S/c1-16-8-9-6-10(14)7-12(13(9)15)21(19,20)18-11-2-4-17-5-3-11/h2-7,16H,8H2,1H3,(H,17,18). The molecular formula is C13H13Cl2N3O2S. The molecule has 1 heterocycles. The molecule has 0 aliphatic rings. The average Bonchev–Trinajstić information content (AvgIpc) is 2.43. The van der Waals surface area contributed by atoms with Gasteiger partial charge in [-0.1, -0.05) is 23.2 Å². The highest BCUT2D eigenvalue weighted by Crippen LogP contribution is 2.30. The monoisotopic (exact) mass is 345 g/mol. The molecule has 0 saturated heterocycles. The van der Waals surface area contributed by atoms with Crippen molar-refractivity contribution in [2.24, 2.45) is 0 Å². The number of hydrogen-bond donors (Lipinski definition) is 2. The van der Waals surface area contributed by atoms with Gasteiger partial charge in [0.15, 0.2) is 0 Å². The zero-order valence-electron chi connectivity index (χ0n) is 11.1. The molecule has 1 aromatic carbocycles. The minimum Gasteiger partial charge on any atom is -0.316 e. The molecule has 0 aliphatic heterocycles. The SMILES string of the molecule is CNCc1cc(Cl)cc(S(=O)(=O)Nc2ccncc2)c1Cl. The van der Waals surface area contributed by atoms with Crippen molar-refractivity contribution in [3.05, 3.63) is 52.3 Å². The molecule has 0 radical (unpaired) electrons. The van der Waals surface area contributed by atoms with E-state index in [9.17, 15) is 8.42 Å². The number of nitrogens with zero attached hydrogens (tertiary/aromatic N) is 1. The molecule has 0 bridgehead atoms. The quantitative estimate of drug-likeness (QED) is 0.873. The molecule has 0 unspecified atom stereocenters. The zero-order chi connectivity index (χ0) is 15.5. The van der Waals surface area contributed by atoms with Crippen molar-refractivity contribution < 1.29 is 8.42 Å². The number of hydrogen-bond acceptors (Lipinski definition) is 4. The summed E-state index contributed by atoms with van der Waals surface area (Å²) in [4.78, 5) is 3.77. The van der Waals surface area contributed by atoms with Gasteiger partial charge < -0.3 is 5.32 Å². The number of benzene rings is 1. The largest absolute Gasteiger partial charge is 0.316 e. The van der Waals surface area contributed by atoms with E-state index >= 15 is 0 Å². The number of nitrogens with one attached hydrogen (secondary N) is 2. The van der Waals surface area contributed by atoms with Crippen molar-refractivity contribution in [3.8, 4) is 0 Å². The average molecular weight is 346 g/mol. The zero-order valence-corrected chi connectivity index (χ0v) is 13.4. The fraction of sp³-hybridized carbons (Fsp3) is 0.154. The molecule has 21 heavy (non-hydrogen) atoms. The van der Waals surface area contributed by atoms with Crippen LogP contribution in [0.15, 0.2) is 41.6 Å². The van der Waals surface area contributed by atoms with Gasteiger partial charge in [0, 0.05) is 24.0 Å². The van der Waals surface area contributed by atoms with Crippen LogP contribution in [0, 0.1) is 0 Å². The summed E-state index contributed by atoms with van der Waals surface area (Å²) in [5, 5.41) is 3.37. The van der Waals surface area contributed by atoms with Crippen LogP contribution in [-0.4, -0.2) is 20.4 Å². The molecule has 8 heteroatoms. The van der Waals surface area contributed by atoms with Crippen LogP contribution in [0.1, 0.15) is 5.56 Å². The van der Waals surface area contributed by atoms with Crippen LogP contribution in [0.5, 0.6) is 0 Å². The molecule has 2 N–H and O–H groups in total. The van der Waals surface area contributed by atoms with E-state index in [2.05, 4.69) is 15.0 Å². The van der Waals surface area contributed by atoms with Gasteiger partial charge in [-0.25, -0.2) is 8.42 Å². The first kappa shape index (κ1) is 16.0. The van der Waals surface area contributed by atoms with Gasteiger partial charge in [0.1, 0.15) is 4.90 Å². The van der Waals surface area contributed by atoms with Crippen molar-refractivity contribution in [1.82, 2.24) is 10.3 Å². The van der Waals surface area contributed by atoms with E-state index in [1.165, 1.54) is 18.5 Å². The highest BCUT2D eigenvalue weighted by molar-refractivity contribution is 7.92. The lowest BCUT2D eigenvalue weighted by Crippen LogP contribution is -2.15. The minimum absolute atomic E-state index is 0.0567. The normalized spacial score (nSPS) is 11.4. The van der Waals surface area contributed by atoms with Crippen molar-refractivity contribution in [3.63, 3.8) is 0 Å². The van der Waals surface area contributed by atoms with Gasteiger partial charge in [0.05, 0.1) is 10.7 Å². The van der Waals surface area contributed by atoms with E-state index in [-0.39, 0.29) is 9.92 Å². The molecular weight excluding hydrogens is 333 g/mol. The first-order valence-electron chi connectivity index (χ1n) is 5.99. The predicted octanol–water partition coefficient (Wildman–Crippen LogP) is 2.91. The fourth-order valence-electron chi connectivity index (χ4n) is 1.76. The third kappa shape index (κ3) is 3.85. The summed E-state index contributed by atoms with van der Waals surface area (Å²) in [5.74, 6) is 0. The third-order valence-electron chi connectivity index (χ3n) is 2.67. The summed E-state index contributed by atoms with van der Waals surface area (Å²) in [5.41, 5.74) is 1.01. The van der Waals surface area contributed by atoms with Crippen LogP contribution in [0.2, 0.25) is 10.0 Å². The van der Waals surface area contributed by atoms with Gasteiger partial charge in [-0.3, -0.25) is 9.71 Å². The van der Waals surface area contributed by atoms with Gasteiger partial charge in [-0.2, -0.15) is 0 Å². The van der Waals surface area contributed by atoms with Crippen LogP contribution >= 0.6 is 23.2 Å². The second kappa shape index (κ2) is 6.62. The number of aromatic nitrogens is 1. The van der Waals surface area contributed by atoms with E-state index in [4.69, 9.17) is 23.2 Å². The molecule has 2 aromatic rings. The Balaban J connectivity index is 2.45. The number of anilines is 1. The Morgan fingerprint density at radius 1 is 1.19 bits per heavy atom. The third-order valence-corrected chi connectivity index (χ3v) is 4.85. The van der Waals surface area contributed by atoms with Gasteiger partial charge in [0.25, 0.3) is 10.0 Å². The van der Waals surface area contributed by atoms with Crippen LogP contribution in [-0.2, 0) is 16.6 Å². The summed E-state index contributed by atoms with van der Waals surface area (Å²) in [6.45, 7) is 0.414. The number of halogens is 2. The van der Waals surface area contributed by atoms with E-state index in [1.54, 1.807) is 25.2 Å². The molecule has 0 aliphatic carbocycles. The Morgan fingerprint density at radius 2 is 1.86 bits per heavy atom. The van der Waals surface area contributed by atoms with Crippen molar-refractivity contribution in [2.75, 3.05) is 11.8 Å². The molecule has 0 saturated carbocycles. The van der Waals surface area contributed by atoms with Gasteiger partial charge in [-0.05, 0) is 36.9 Å². The van der Waals surface area contributed by atoms with E-state index in [0.29, 0.717) is 22.8 Å². The molecule has 1 aromatic heterocycles. The molecule has 0 atom stereocenters. The smallest absolute Gasteiger partial charge is 0.263 e. The molecule has 2 rings (SSSR count). The van der Waals surface area contributed by atoms with Gasteiger partial charge in [-0.15, -0.1) is 0 Å². The summed E-state index contributed by atoms with van der Waals surface area (Å²) in [6, 6.07) is 6.05. The van der Waals surface area contributed by atoms with Crippen LogP contribution < -0.4 is 10.0 Å². The summed E-state index contributed by atoms with van der Waals surface area (Å²) < 4.78 is 27.3. The second-order valence-corrected chi connectivity index (χ2v) is 6.71. The predicted molar refractivity (Wildman–Crippen MR) is 84.3 cm³/mol. The molecule has 0 amide bonds. The molecule has 112 valence electrons. The van der Waals surface area contributed by atoms with E-state index < -0.39 is 10.0 Å². The Morgan fingerprint density at radius 3 is 2.48 bits per heavy atom. The Bertz CT molecular complexity index is 737. The lowest BCUT2D eigenvalue weighted by atomic mass is 10.2. The van der Waals surface area contributed by atoms with E-state index in [0.717, 1.165) is 0 Å². The first-order valence-corrected chi connectivity index (χ1v) is 8.23. The van der Waals surface area contributed by atoms with Crippen molar-refractivity contribution in [2.45, 2.75) is 11.4 Å². The van der Waals surface area contributed by atoms with Gasteiger partial charge >= 0.3 is 0 Å². The summed E-state index contributed by atoms with van der Waals surface area (Å²) >= 11 is 12.2. The maximum Gasteiger partial charge on any atom is 0.263 e. The van der Waals surface area contributed by atoms with Crippen LogP contribution in [0.4, 0.5) is 5.69 Å². The lowest BCUT2D eigenvalue weighted by Gasteiger charge is -2.13. The Kier molecular flexibility index (Phi) is 5.05.